The summed E-state index contributed by atoms with van der Waals surface area (Å²) >= 11 is 5.91. The van der Waals surface area contributed by atoms with Gasteiger partial charge in [-0.15, -0.1) is 0 Å². The fraction of sp³-hybridized carbons (Fsp3) is 0.625. The number of carbonyl (C=O) groups is 1. The molecule has 1 aromatic heterocycles. The van der Waals surface area contributed by atoms with E-state index in [0.717, 1.165) is 12.8 Å². The van der Waals surface area contributed by atoms with Crippen LogP contribution in [0, 0.1) is 5.41 Å². The maximum atomic E-state index is 12.0. The second kappa shape index (κ2) is 9.08. The number of pyridine rings is 1. The van der Waals surface area contributed by atoms with Gasteiger partial charge >= 0.3 is 0 Å². The maximum Gasteiger partial charge on any atom is 0.226 e. The van der Waals surface area contributed by atoms with Crippen molar-refractivity contribution in [2.24, 2.45) is 5.41 Å². The SMILES string of the molecule is CCC(CC)(CO)CNC(C)CC(=O)Nc1cccnc1Cl. The molecule has 0 saturated heterocycles. The van der Waals surface area contributed by atoms with Crippen molar-refractivity contribution < 1.29 is 9.90 Å². The van der Waals surface area contributed by atoms with E-state index >= 15 is 0 Å². The Bertz CT molecular complexity index is 470. The molecule has 1 heterocycles. The topological polar surface area (TPSA) is 74.2 Å². The van der Waals surface area contributed by atoms with Crippen LogP contribution in [-0.4, -0.2) is 35.2 Å². The first-order chi connectivity index (χ1) is 10.5. The minimum atomic E-state index is -0.114. The van der Waals surface area contributed by atoms with E-state index in [-0.39, 0.29) is 29.1 Å². The van der Waals surface area contributed by atoms with Crippen LogP contribution in [0.3, 0.4) is 0 Å². The van der Waals surface area contributed by atoms with Gasteiger partial charge < -0.3 is 15.7 Å². The van der Waals surface area contributed by atoms with Gasteiger partial charge in [-0.25, -0.2) is 4.98 Å². The van der Waals surface area contributed by atoms with Crippen LogP contribution in [0.4, 0.5) is 5.69 Å². The van der Waals surface area contributed by atoms with Gasteiger partial charge in [-0.05, 0) is 31.9 Å². The molecule has 1 unspecified atom stereocenters. The molecule has 0 aliphatic rings. The number of aliphatic hydroxyl groups is 1. The molecule has 5 nitrogen and oxygen atoms in total. The highest BCUT2D eigenvalue weighted by Gasteiger charge is 2.25. The number of anilines is 1. The summed E-state index contributed by atoms with van der Waals surface area (Å²) in [5.41, 5.74) is 0.408. The van der Waals surface area contributed by atoms with Crippen molar-refractivity contribution in [2.45, 2.75) is 46.1 Å². The predicted octanol–water partition coefficient (Wildman–Crippen LogP) is 2.84. The number of hydrogen-bond acceptors (Lipinski definition) is 4. The summed E-state index contributed by atoms with van der Waals surface area (Å²) in [4.78, 5) is 15.9. The van der Waals surface area contributed by atoms with E-state index in [1.807, 2.05) is 6.92 Å². The fourth-order valence-corrected chi connectivity index (χ4v) is 2.37. The summed E-state index contributed by atoms with van der Waals surface area (Å²) in [6.07, 6.45) is 3.71. The van der Waals surface area contributed by atoms with E-state index in [1.54, 1.807) is 18.3 Å². The van der Waals surface area contributed by atoms with E-state index < -0.39 is 0 Å². The van der Waals surface area contributed by atoms with Crippen molar-refractivity contribution in [2.75, 3.05) is 18.5 Å². The molecule has 0 aliphatic heterocycles. The Balaban J connectivity index is 2.46. The zero-order chi connectivity index (χ0) is 16.6. The zero-order valence-corrected chi connectivity index (χ0v) is 14.3. The molecule has 0 spiro atoms. The Hall–Kier alpha value is -1.17. The summed E-state index contributed by atoms with van der Waals surface area (Å²) in [5.74, 6) is -0.113. The van der Waals surface area contributed by atoms with Crippen LogP contribution in [0.5, 0.6) is 0 Å². The largest absolute Gasteiger partial charge is 0.396 e. The van der Waals surface area contributed by atoms with E-state index in [2.05, 4.69) is 29.5 Å². The Kier molecular flexibility index (Phi) is 7.79. The number of nitrogens with zero attached hydrogens (tertiary/aromatic N) is 1. The van der Waals surface area contributed by atoms with Gasteiger partial charge in [0.25, 0.3) is 0 Å². The van der Waals surface area contributed by atoms with Crippen LogP contribution >= 0.6 is 11.6 Å². The van der Waals surface area contributed by atoms with Crippen LogP contribution in [-0.2, 0) is 4.79 Å². The summed E-state index contributed by atoms with van der Waals surface area (Å²) < 4.78 is 0. The smallest absolute Gasteiger partial charge is 0.226 e. The second-order valence-electron chi connectivity index (χ2n) is 5.74. The lowest BCUT2D eigenvalue weighted by Crippen LogP contribution is -2.41. The van der Waals surface area contributed by atoms with Gasteiger partial charge in [0, 0.05) is 37.2 Å². The monoisotopic (exact) mass is 327 g/mol. The van der Waals surface area contributed by atoms with E-state index in [4.69, 9.17) is 11.6 Å². The van der Waals surface area contributed by atoms with E-state index in [0.29, 0.717) is 18.7 Å². The molecule has 0 fully saturated rings. The molecular weight excluding hydrogens is 302 g/mol. The van der Waals surface area contributed by atoms with Crippen LogP contribution in [0.15, 0.2) is 18.3 Å². The molecule has 0 saturated carbocycles. The van der Waals surface area contributed by atoms with Gasteiger partial charge in [0.05, 0.1) is 5.69 Å². The molecule has 0 aliphatic carbocycles. The normalized spacial score (nSPS) is 13.0. The lowest BCUT2D eigenvalue weighted by molar-refractivity contribution is -0.116. The average molecular weight is 328 g/mol. The second-order valence-corrected chi connectivity index (χ2v) is 6.10. The van der Waals surface area contributed by atoms with Gasteiger partial charge in [0.1, 0.15) is 0 Å². The first kappa shape index (κ1) is 18.9. The zero-order valence-electron chi connectivity index (χ0n) is 13.5. The van der Waals surface area contributed by atoms with Gasteiger partial charge in [-0.1, -0.05) is 25.4 Å². The lowest BCUT2D eigenvalue weighted by atomic mass is 9.83. The number of aromatic nitrogens is 1. The highest BCUT2D eigenvalue weighted by atomic mass is 35.5. The van der Waals surface area contributed by atoms with Crippen LogP contribution in [0.2, 0.25) is 5.15 Å². The third kappa shape index (κ3) is 5.55. The molecule has 0 radical (unpaired) electrons. The van der Waals surface area contributed by atoms with Crippen LogP contribution in [0.25, 0.3) is 0 Å². The number of nitrogens with one attached hydrogen (secondary N) is 2. The Morgan fingerprint density at radius 1 is 1.45 bits per heavy atom. The Morgan fingerprint density at radius 3 is 2.68 bits per heavy atom. The summed E-state index contributed by atoms with van der Waals surface area (Å²) in [7, 11) is 0. The first-order valence-corrected chi connectivity index (χ1v) is 8.08. The molecule has 3 N–H and O–H groups in total. The third-order valence-electron chi connectivity index (χ3n) is 4.19. The van der Waals surface area contributed by atoms with Gasteiger partial charge in [0.2, 0.25) is 5.91 Å². The quantitative estimate of drug-likeness (QED) is 0.610. The molecule has 1 aromatic rings. The molecule has 124 valence electrons. The van der Waals surface area contributed by atoms with Crippen molar-refractivity contribution >= 4 is 23.2 Å². The van der Waals surface area contributed by atoms with Crippen molar-refractivity contribution in [3.63, 3.8) is 0 Å². The van der Waals surface area contributed by atoms with Crippen molar-refractivity contribution in [1.82, 2.24) is 10.3 Å². The minimum absolute atomic E-state index is 0.0134. The molecule has 22 heavy (non-hydrogen) atoms. The van der Waals surface area contributed by atoms with Crippen molar-refractivity contribution in [1.29, 1.82) is 0 Å². The molecule has 1 amide bonds. The number of amides is 1. The number of rotatable bonds is 9. The third-order valence-corrected chi connectivity index (χ3v) is 4.49. The van der Waals surface area contributed by atoms with Crippen molar-refractivity contribution in [3.05, 3.63) is 23.5 Å². The summed E-state index contributed by atoms with van der Waals surface area (Å²) in [6, 6.07) is 3.46. The molecule has 1 atom stereocenters. The Labute approximate surface area is 137 Å². The average Bonchev–Trinajstić information content (AvgIpc) is 2.51. The van der Waals surface area contributed by atoms with Crippen LogP contribution in [0.1, 0.15) is 40.0 Å². The predicted molar refractivity (Wildman–Crippen MR) is 90.1 cm³/mol. The standard InChI is InChI=1S/C16H26ClN3O2/c1-4-16(5-2,11-21)10-19-12(3)9-14(22)20-13-7-6-8-18-15(13)17/h6-8,12,19,21H,4-5,9-11H2,1-3H3,(H,20,22). The van der Waals surface area contributed by atoms with E-state index in [1.165, 1.54) is 0 Å². The van der Waals surface area contributed by atoms with Gasteiger partial charge in [-0.2, -0.15) is 0 Å². The molecule has 6 heteroatoms. The fourth-order valence-electron chi connectivity index (χ4n) is 2.20. The lowest BCUT2D eigenvalue weighted by Gasteiger charge is -2.31. The molecule has 0 bridgehead atoms. The molecule has 1 rings (SSSR count). The van der Waals surface area contributed by atoms with Crippen molar-refractivity contribution in [3.8, 4) is 0 Å². The highest BCUT2D eigenvalue weighted by Crippen LogP contribution is 2.24. The highest BCUT2D eigenvalue weighted by molar-refractivity contribution is 6.32. The first-order valence-electron chi connectivity index (χ1n) is 7.71. The van der Waals surface area contributed by atoms with Gasteiger partial charge in [0.15, 0.2) is 5.15 Å². The maximum absolute atomic E-state index is 12.0. The Morgan fingerprint density at radius 2 is 2.14 bits per heavy atom. The van der Waals surface area contributed by atoms with Crippen LogP contribution < -0.4 is 10.6 Å². The number of carbonyl (C=O) groups excluding carboxylic acids is 1. The molecular formula is C16H26ClN3O2. The minimum Gasteiger partial charge on any atom is -0.396 e. The number of hydrogen-bond donors (Lipinski definition) is 3. The van der Waals surface area contributed by atoms with E-state index in [9.17, 15) is 9.90 Å². The number of aliphatic hydroxyl groups excluding tert-OH is 1. The molecule has 0 aromatic carbocycles. The summed E-state index contributed by atoms with van der Waals surface area (Å²) in [6.45, 7) is 6.94. The number of halogens is 1. The van der Waals surface area contributed by atoms with Gasteiger partial charge in [-0.3, -0.25) is 4.79 Å². The summed E-state index contributed by atoms with van der Waals surface area (Å²) in [5, 5.41) is 15.9.